The predicted molar refractivity (Wildman–Crippen MR) is 188 cm³/mol. The van der Waals surface area contributed by atoms with Gasteiger partial charge in [-0.25, -0.2) is 12.7 Å². The first-order valence-corrected chi connectivity index (χ1v) is 17.7. The highest BCUT2D eigenvalue weighted by molar-refractivity contribution is 7.93. The number of sulfonamides is 1. The fourth-order valence-corrected chi connectivity index (χ4v) is 8.55. The molecule has 1 fully saturated rings. The van der Waals surface area contributed by atoms with Crippen LogP contribution >= 0.6 is 0 Å². The number of nitriles is 1. The largest absolute Gasteiger partial charge is 0.497 e. The molecule has 1 aromatic heterocycles. The summed E-state index contributed by atoms with van der Waals surface area (Å²) in [7, 11) is -0.264. The zero-order valence-electron chi connectivity index (χ0n) is 28.7. The summed E-state index contributed by atoms with van der Waals surface area (Å²) in [6.07, 6.45) is 2.42. The second-order valence-electron chi connectivity index (χ2n) is 11.9. The van der Waals surface area contributed by atoms with Crippen LogP contribution in [0.1, 0.15) is 35.7 Å². The molecule has 6 rings (SSSR count). The highest BCUT2D eigenvalue weighted by Gasteiger charge is 2.60. The van der Waals surface area contributed by atoms with Crippen molar-refractivity contribution in [3.8, 4) is 29.1 Å². The molecule has 1 saturated heterocycles. The highest BCUT2D eigenvalue weighted by Crippen LogP contribution is 2.54. The van der Waals surface area contributed by atoms with Crippen LogP contribution in [0.25, 0.3) is 0 Å². The Kier molecular flexibility index (Phi) is 9.60. The predicted octanol–water partition coefficient (Wildman–Crippen LogP) is 4.88. The minimum Gasteiger partial charge on any atom is -0.497 e. The first-order valence-electron chi connectivity index (χ1n) is 16.2. The van der Waals surface area contributed by atoms with E-state index in [4.69, 9.17) is 18.9 Å². The Morgan fingerprint density at radius 2 is 1.62 bits per heavy atom. The molecule has 1 atom stereocenters. The van der Waals surface area contributed by atoms with Crippen molar-refractivity contribution < 1.29 is 32.2 Å². The molecule has 12 nitrogen and oxygen atoms in total. The molecule has 13 heteroatoms. The molecular formula is C37H39N5O7S. The summed E-state index contributed by atoms with van der Waals surface area (Å²) in [6.45, 7) is 6.07. The molecule has 3 aromatic carbocycles. The number of hydrogen-bond donors (Lipinski definition) is 0. The summed E-state index contributed by atoms with van der Waals surface area (Å²) >= 11 is 0. The fraction of sp³-hybridized carbons (Fsp3) is 0.324. The number of pyridine rings is 1. The van der Waals surface area contributed by atoms with Crippen molar-refractivity contribution in [2.24, 2.45) is 0 Å². The van der Waals surface area contributed by atoms with E-state index >= 15 is 4.79 Å². The maximum Gasteiger partial charge on any atom is 0.274 e. The van der Waals surface area contributed by atoms with E-state index in [1.165, 1.54) is 51.7 Å². The number of fused-ring (bicyclic) bond motifs is 1. The first-order chi connectivity index (χ1) is 24.1. The van der Waals surface area contributed by atoms with Crippen molar-refractivity contribution in [1.82, 2.24) is 9.88 Å². The first kappa shape index (κ1) is 34.5. The van der Waals surface area contributed by atoms with Crippen LogP contribution in [-0.2, 0) is 20.4 Å². The Balaban J connectivity index is 1.62. The number of methoxy groups -OCH3 is 3. The lowest BCUT2D eigenvalue weighted by Gasteiger charge is -2.41. The number of hydrogen-bond acceptors (Lipinski definition) is 11. The number of ether oxygens (including phenoxy) is 4. The number of amides is 1. The molecule has 3 heterocycles. The van der Waals surface area contributed by atoms with E-state index in [2.05, 4.69) is 16.0 Å². The quantitative estimate of drug-likeness (QED) is 0.225. The Bertz CT molecular complexity index is 2080. The third-order valence-corrected chi connectivity index (χ3v) is 10.9. The third-order valence-electron chi connectivity index (χ3n) is 9.21. The molecule has 0 saturated carbocycles. The standard InChI is InChI=1S/C37H39N5O7S/c1-6-49-33-12-9-28(46-3)22-31(33)37(41-17-7-16-40(18-19-41)27-14-15-39-25(2)20-27)30-21-26(24-38)8-11-32(30)42(36(37)43)50(44,45)35-13-10-29(47-4)23-34(35)48-5/h8-15,20-23H,6-7,16-19H2,1-5H3. The van der Waals surface area contributed by atoms with Gasteiger partial charge in [-0.2, -0.15) is 5.26 Å². The Hall–Kier alpha value is -5.32. The average molecular weight is 698 g/mol. The van der Waals surface area contributed by atoms with Gasteiger partial charge in [-0.05, 0) is 80.9 Å². The minimum absolute atomic E-state index is 0.0132. The molecule has 4 aromatic rings. The number of benzene rings is 3. The second-order valence-corrected chi connectivity index (χ2v) is 13.7. The molecule has 0 spiro atoms. The SMILES string of the molecule is CCOc1ccc(OC)cc1C1(N2CCCN(c3ccnc(C)c3)CC2)C(=O)N(S(=O)(=O)c2ccc(OC)cc2OC)c2ccc(C#N)cc21. The lowest BCUT2D eigenvalue weighted by atomic mass is 9.80. The van der Waals surface area contributed by atoms with Crippen LogP contribution in [0.3, 0.4) is 0 Å². The van der Waals surface area contributed by atoms with Gasteiger partial charge in [0.1, 0.15) is 27.9 Å². The van der Waals surface area contributed by atoms with Crippen LogP contribution in [0.5, 0.6) is 23.0 Å². The topological polar surface area (TPSA) is 135 Å². The van der Waals surface area contributed by atoms with Gasteiger partial charge in [-0.1, -0.05) is 0 Å². The smallest absolute Gasteiger partial charge is 0.274 e. The van der Waals surface area contributed by atoms with Crippen molar-refractivity contribution in [1.29, 1.82) is 5.26 Å². The summed E-state index contributed by atoms with van der Waals surface area (Å²) in [4.78, 5) is 24.0. The van der Waals surface area contributed by atoms with Crippen molar-refractivity contribution in [3.05, 3.63) is 95.3 Å². The van der Waals surface area contributed by atoms with Crippen LogP contribution < -0.4 is 28.2 Å². The molecule has 0 bridgehead atoms. The van der Waals surface area contributed by atoms with Gasteiger partial charge in [0.25, 0.3) is 15.9 Å². The number of nitrogens with zero attached hydrogens (tertiary/aromatic N) is 5. The van der Waals surface area contributed by atoms with Gasteiger partial charge in [0.05, 0.1) is 45.3 Å². The zero-order chi connectivity index (χ0) is 35.6. The van der Waals surface area contributed by atoms with Crippen LogP contribution in [0.2, 0.25) is 0 Å². The van der Waals surface area contributed by atoms with Gasteiger partial charge in [0.2, 0.25) is 0 Å². The van der Waals surface area contributed by atoms with E-state index in [1.54, 1.807) is 30.5 Å². The Labute approximate surface area is 292 Å². The van der Waals surface area contributed by atoms with Gasteiger partial charge >= 0.3 is 0 Å². The van der Waals surface area contributed by atoms with Crippen molar-refractivity contribution in [2.45, 2.75) is 30.7 Å². The van der Waals surface area contributed by atoms with Crippen molar-refractivity contribution in [2.75, 3.05) is 63.3 Å². The fourth-order valence-electron chi connectivity index (χ4n) is 6.94. The van der Waals surface area contributed by atoms with E-state index in [9.17, 15) is 13.7 Å². The van der Waals surface area contributed by atoms with Gasteiger partial charge in [0.15, 0.2) is 5.54 Å². The number of rotatable bonds is 10. The van der Waals surface area contributed by atoms with Crippen molar-refractivity contribution >= 4 is 27.3 Å². The number of aromatic nitrogens is 1. The Morgan fingerprint density at radius 1 is 0.860 bits per heavy atom. The molecule has 2 aliphatic heterocycles. The molecular weight excluding hydrogens is 659 g/mol. The second kappa shape index (κ2) is 13.9. The van der Waals surface area contributed by atoms with E-state index < -0.39 is 21.5 Å². The molecule has 260 valence electrons. The zero-order valence-corrected chi connectivity index (χ0v) is 29.5. The minimum atomic E-state index is -4.61. The monoisotopic (exact) mass is 697 g/mol. The average Bonchev–Trinajstić information content (AvgIpc) is 3.24. The molecule has 50 heavy (non-hydrogen) atoms. The normalized spacial score (nSPS) is 17.9. The lowest BCUT2D eigenvalue weighted by Crippen LogP contribution is -2.56. The van der Waals surface area contributed by atoms with Crippen LogP contribution in [0, 0.1) is 18.3 Å². The number of anilines is 2. The van der Waals surface area contributed by atoms with Gasteiger partial charge in [-0.3, -0.25) is 14.7 Å². The van der Waals surface area contributed by atoms with Crippen LogP contribution in [0.4, 0.5) is 11.4 Å². The van der Waals surface area contributed by atoms with Gasteiger partial charge in [0, 0.05) is 61.0 Å². The van der Waals surface area contributed by atoms with Crippen molar-refractivity contribution in [3.63, 3.8) is 0 Å². The summed E-state index contributed by atoms with van der Waals surface area (Å²) < 4.78 is 53.2. The summed E-state index contributed by atoms with van der Waals surface area (Å²) in [5.41, 5.74) is 1.31. The van der Waals surface area contributed by atoms with E-state index in [-0.39, 0.29) is 28.5 Å². The van der Waals surface area contributed by atoms with E-state index in [1.807, 2.05) is 30.9 Å². The number of aryl methyl sites for hydroxylation is 1. The number of carbonyl (C=O) groups excluding carboxylic acids is 1. The molecule has 2 aliphatic rings. The lowest BCUT2D eigenvalue weighted by molar-refractivity contribution is -0.126. The molecule has 0 aliphatic carbocycles. The summed E-state index contributed by atoms with van der Waals surface area (Å²) in [5.74, 6) is 0.512. The highest BCUT2D eigenvalue weighted by atomic mass is 32.2. The van der Waals surface area contributed by atoms with Gasteiger partial charge < -0.3 is 23.8 Å². The summed E-state index contributed by atoms with van der Waals surface area (Å²) in [5, 5.41) is 10.1. The van der Waals surface area contributed by atoms with E-state index in [0.29, 0.717) is 61.0 Å². The molecule has 0 N–H and O–H groups in total. The van der Waals surface area contributed by atoms with Crippen LogP contribution in [-0.4, -0.2) is 78.3 Å². The maximum absolute atomic E-state index is 15.6. The maximum atomic E-state index is 15.6. The van der Waals surface area contributed by atoms with Crippen LogP contribution in [0.15, 0.2) is 77.8 Å². The third kappa shape index (κ3) is 5.74. The summed E-state index contributed by atoms with van der Waals surface area (Å²) in [6, 6.07) is 20.3. The molecule has 1 amide bonds. The Morgan fingerprint density at radius 3 is 2.32 bits per heavy atom. The molecule has 0 radical (unpaired) electrons. The number of carbonyl (C=O) groups is 1. The molecule has 1 unspecified atom stereocenters. The van der Waals surface area contributed by atoms with E-state index in [0.717, 1.165) is 15.7 Å². The van der Waals surface area contributed by atoms with Gasteiger partial charge in [-0.15, -0.1) is 0 Å².